The lowest BCUT2D eigenvalue weighted by Crippen LogP contribution is -2.51. The van der Waals surface area contributed by atoms with Crippen LogP contribution in [-0.4, -0.2) is 22.8 Å². The molecule has 1 aromatic carbocycles. The Morgan fingerprint density at radius 2 is 1.73 bits per heavy atom. The molecule has 0 N–H and O–H groups in total. The number of benzene rings is 1. The lowest BCUT2D eigenvalue weighted by Gasteiger charge is -2.26. The number of hydrogen-bond acceptors (Lipinski definition) is 2. The molecule has 1 aromatic rings. The molecule has 0 aliphatic rings. The van der Waals surface area contributed by atoms with Gasteiger partial charge in [0.05, 0.1) is 0 Å². The van der Waals surface area contributed by atoms with Gasteiger partial charge >= 0.3 is 8.56 Å². The fraction of sp³-hybridized carbons (Fsp3) is 0.333. The normalized spacial score (nSPS) is 11.4. The van der Waals surface area contributed by atoms with Gasteiger partial charge in [0.1, 0.15) is 0 Å². The second-order valence-corrected chi connectivity index (χ2v) is 6.95. The third kappa shape index (κ3) is 2.37. The molecule has 0 saturated heterocycles. The minimum absolute atomic E-state index is 0.910. The Hall–Kier alpha value is -0.903. The highest BCUT2D eigenvalue weighted by molar-refractivity contribution is 6.81. The average Bonchev–Trinajstić information content (AvgIpc) is 2.33. The van der Waals surface area contributed by atoms with E-state index in [0.717, 1.165) is 11.6 Å². The lowest BCUT2D eigenvalue weighted by atomic mass is 10.2. The SMILES string of the molecule is C=Cc1ccc([Si](CC)(OC)OC)cc1. The van der Waals surface area contributed by atoms with E-state index in [-0.39, 0.29) is 0 Å². The first-order valence-electron chi connectivity index (χ1n) is 5.05. The Bertz CT molecular complexity index is 307. The zero-order valence-electron chi connectivity index (χ0n) is 9.62. The fourth-order valence-electron chi connectivity index (χ4n) is 1.68. The maximum atomic E-state index is 5.59. The van der Waals surface area contributed by atoms with E-state index in [0.29, 0.717) is 0 Å². The van der Waals surface area contributed by atoms with Crippen LogP contribution < -0.4 is 5.19 Å². The van der Waals surface area contributed by atoms with Gasteiger partial charge < -0.3 is 8.85 Å². The van der Waals surface area contributed by atoms with Crippen molar-refractivity contribution in [3.63, 3.8) is 0 Å². The highest BCUT2D eigenvalue weighted by Gasteiger charge is 2.35. The summed E-state index contributed by atoms with van der Waals surface area (Å²) in [6, 6.07) is 9.13. The van der Waals surface area contributed by atoms with E-state index in [9.17, 15) is 0 Å². The highest BCUT2D eigenvalue weighted by Crippen LogP contribution is 2.12. The molecule has 0 spiro atoms. The van der Waals surface area contributed by atoms with Crippen molar-refractivity contribution < 1.29 is 8.85 Å². The van der Waals surface area contributed by atoms with Gasteiger partial charge in [0.15, 0.2) is 0 Å². The molecule has 0 aliphatic heterocycles. The molecular weight excluding hydrogens is 204 g/mol. The van der Waals surface area contributed by atoms with E-state index in [1.54, 1.807) is 14.2 Å². The summed E-state index contributed by atoms with van der Waals surface area (Å²) in [5.41, 5.74) is 1.12. The molecule has 0 amide bonds. The smallest absolute Gasteiger partial charge is 0.371 e. The van der Waals surface area contributed by atoms with Crippen LogP contribution in [0.2, 0.25) is 6.04 Å². The minimum Gasteiger partial charge on any atom is -0.394 e. The molecule has 0 fully saturated rings. The average molecular weight is 222 g/mol. The monoisotopic (exact) mass is 222 g/mol. The first-order chi connectivity index (χ1) is 7.22. The van der Waals surface area contributed by atoms with E-state index in [4.69, 9.17) is 8.85 Å². The van der Waals surface area contributed by atoms with Crippen molar-refractivity contribution in [1.82, 2.24) is 0 Å². The van der Waals surface area contributed by atoms with Gasteiger partial charge in [0.25, 0.3) is 0 Å². The summed E-state index contributed by atoms with van der Waals surface area (Å²) < 4.78 is 11.2. The van der Waals surface area contributed by atoms with Gasteiger partial charge in [-0.15, -0.1) is 0 Å². The Balaban J connectivity index is 3.06. The summed E-state index contributed by atoms with van der Waals surface area (Å²) in [6.45, 7) is 5.83. The summed E-state index contributed by atoms with van der Waals surface area (Å²) in [5.74, 6) is 0. The maximum Gasteiger partial charge on any atom is 0.371 e. The van der Waals surface area contributed by atoms with Gasteiger partial charge in [-0.05, 0) is 16.8 Å². The molecule has 1 rings (SSSR count). The van der Waals surface area contributed by atoms with Gasteiger partial charge in [0, 0.05) is 14.2 Å². The molecule has 0 bridgehead atoms. The molecule has 0 aliphatic carbocycles. The standard InChI is InChI=1S/C12H18O2Si/c1-5-11-7-9-12(10-8-11)15(6-2,13-3)14-4/h5,7-10H,1,6H2,2-4H3. The maximum absolute atomic E-state index is 5.59. The molecule has 3 heteroatoms. The van der Waals surface area contributed by atoms with Gasteiger partial charge in [0.2, 0.25) is 0 Å². The van der Waals surface area contributed by atoms with E-state index >= 15 is 0 Å². The van der Waals surface area contributed by atoms with Crippen molar-refractivity contribution in [2.75, 3.05) is 14.2 Å². The van der Waals surface area contributed by atoms with Crippen LogP contribution >= 0.6 is 0 Å². The Morgan fingerprint density at radius 3 is 2.07 bits per heavy atom. The van der Waals surface area contributed by atoms with Crippen molar-refractivity contribution in [3.05, 3.63) is 36.4 Å². The largest absolute Gasteiger partial charge is 0.394 e. The van der Waals surface area contributed by atoms with Crippen LogP contribution in [0.25, 0.3) is 6.08 Å². The van der Waals surface area contributed by atoms with Crippen LogP contribution in [0.5, 0.6) is 0 Å². The second kappa shape index (κ2) is 5.26. The summed E-state index contributed by atoms with van der Waals surface area (Å²) in [4.78, 5) is 0. The lowest BCUT2D eigenvalue weighted by molar-refractivity contribution is 0.259. The highest BCUT2D eigenvalue weighted by atomic mass is 28.4. The minimum atomic E-state index is -2.16. The van der Waals surface area contributed by atoms with Crippen LogP contribution in [0.15, 0.2) is 30.8 Å². The Labute approximate surface area is 92.8 Å². The quantitative estimate of drug-likeness (QED) is 0.712. The zero-order chi connectivity index (χ0) is 11.3. The Kier molecular flexibility index (Phi) is 4.26. The first-order valence-corrected chi connectivity index (χ1v) is 7.08. The predicted molar refractivity (Wildman–Crippen MR) is 66.4 cm³/mol. The molecule has 2 nitrogen and oxygen atoms in total. The molecule has 0 saturated carbocycles. The zero-order valence-corrected chi connectivity index (χ0v) is 10.6. The first kappa shape index (κ1) is 12.2. The van der Waals surface area contributed by atoms with E-state index < -0.39 is 8.56 Å². The summed E-state index contributed by atoms with van der Waals surface area (Å²) in [5, 5.41) is 1.17. The molecule has 0 heterocycles. The van der Waals surface area contributed by atoms with Crippen molar-refractivity contribution in [1.29, 1.82) is 0 Å². The van der Waals surface area contributed by atoms with Crippen molar-refractivity contribution in [2.45, 2.75) is 13.0 Å². The fourth-order valence-corrected chi connectivity index (χ4v) is 3.98. The van der Waals surface area contributed by atoms with Gasteiger partial charge in [-0.25, -0.2) is 0 Å². The van der Waals surface area contributed by atoms with E-state index in [2.05, 4.69) is 25.6 Å². The molecule has 0 atom stereocenters. The van der Waals surface area contributed by atoms with E-state index in [1.165, 1.54) is 5.19 Å². The molecule has 0 unspecified atom stereocenters. The van der Waals surface area contributed by atoms with Crippen molar-refractivity contribution in [2.24, 2.45) is 0 Å². The number of rotatable bonds is 5. The molecule has 82 valence electrons. The molecule has 15 heavy (non-hydrogen) atoms. The Morgan fingerprint density at radius 1 is 1.20 bits per heavy atom. The van der Waals surface area contributed by atoms with Crippen molar-refractivity contribution >= 4 is 19.8 Å². The molecule has 0 aromatic heterocycles. The molecule has 0 radical (unpaired) electrons. The number of hydrogen-bond donors (Lipinski definition) is 0. The molecular formula is C12H18O2Si. The summed E-state index contributed by atoms with van der Waals surface area (Å²) >= 11 is 0. The van der Waals surface area contributed by atoms with Gasteiger partial charge in [-0.2, -0.15) is 0 Å². The van der Waals surface area contributed by atoms with E-state index in [1.807, 2.05) is 18.2 Å². The third-order valence-corrected chi connectivity index (χ3v) is 6.17. The van der Waals surface area contributed by atoms with Crippen LogP contribution in [0.3, 0.4) is 0 Å². The summed E-state index contributed by atoms with van der Waals surface area (Å²) in [7, 11) is 1.28. The van der Waals surface area contributed by atoms with Crippen LogP contribution in [0.4, 0.5) is 0 Å². The van der Waals surface area contributed by atoms with Crippen LogP contribution in [0, 0.1) is 0 Å². The summed E-state index contributed by atoms with van der Waals surface area (Å²) in [6.07, 6.45) is 1.83. The third-order valence-electron chi connectivity index (χ3n) is 2.71. The topological polar surface area (TPSA) is 18.5 Å². The predicted octanol–water partition coefficient (Wildman–Crippen LogP) is 2.29. The second-order valence-electron chi connectivity index (χ2n) is 3.34. The van der Waals surface area contributed by atoms with Crippen LogP contribution in [-0.2, 0) is 8.85 Å². The van der Waals surface area contributed by atoms with Crippen molar-refractivity contribution in [3.8, 4) is 0 Å². The van der Waals surface area contributed by atoms with Gasteiger partial charge in [-0.1, -0.05) is 43.8 Å². The van der Waals surface area contributed by atoms with Crippen LogP contribution in [0.1, 0.15) is 12.5 Å². The van der Waals surface area contributed by atoms with Gasteiger partial charge in [-0.3, -0.25) is 0 Å².